The summed E-state index contributed by atoms with van der Waals surface area (Å²) in [7, 11) is 0. The number of benzene rings is 1. The SMILES string of the molecule is CCCNCC(=O)NC(C)c1cccc(Br)c1. The molecule has 0 saturated carbocycles. The van der Waals surface area contributed by atoms with Crippen LogP contribution < -0.4 is 10.6 Å². The molecule has 0 spiro atoms. The van der Waals surface area contributed by atoms with Crippen molar-refractivity contribution in [3.63, 3.8) is 0 Å². The number of amides is 1. The predicted octanol–water partition coefficient (Wildman–Crippen LogP) is 2.63. The highest BCUT2D eigenvalue weighted by molar-refractivity contribution is 9.10. The normalized spacial score (nSPS) is 12.2. The van der Waals surface area contributed by atoms with Gasteiger partial charge in [-0.3, -0.25) is 4.79 Å². The van der Waals surface area contributed by atoms with Crippen molar-refractivity contribution < 1.29 is 4.79 Å². The molecule has 0 radical (unpaired) electrons. The highest BCUT2D eigenvalue weighted by Crippen LogP contribution is 2.17. The molecule has 0 bridgehead atoms. The standard InChI is InChI=1S/C13H19BrN2O/c1-3-7-15-9-13(17)16-10(2)11-5-4-6-12(14)8-11/h4-6,8,10,15H,3,7,9H2,1-2H3,(H,16,17). The number of carbonyl (C=O) groups is 1. The molecule has 1 amide bonds. The van der Waals surface area contributed by atoms with Crippen LogP contribution in [-0.2, 0) is 4.79 Å². The fourth-order valence-electron chi connectivity index (χ4n) is 1.53. The molecule has 0 aliphatic rings. The van der Waals surface area contributed by atoms with Crippen molar-refractivity contribution in [3.05, 3.63) is 34.3 Å². The molecule has 1 unspecified atom stereocenters. The Labute approximate surface area is 111 Å². The Morgan fingerprint density at radius 3 is 2.88 bits per heavy atom. The van der Waals surface area contributed by atoms with E-state index in [4.69, 9.17) is 0 Å². The summed E-state index contributed by atoms with van der Waals surface area (Å²) >= 11 is 3.42. The van der Waals surface area contributed by atoms with E-state index < -0.39 is 0 Å². The van der Waals surface area contributed by atoms with Crippen LogP contribution in [0.5, 0.6) is 0 Å². The fraction of sp³-hybridized carbons (Fsp3) is 0.462. The van der Waals surface area contributed by atoms with Gasteiger partial charge in [-0.25, -0.2) is 0 Å². The van der Waals surface area contributed by atoms with E-state index in [1.165, 1.54) is 0 Å². The van der Waals surface area contributed by atoms with Crippen LogP contribution >= 0.6 is 15.9 Å². The molecule has 3 nitrogen and oxygen atoms in total. The van der Waals surface area contributed by atoms with Crippen molar-refractivity contribution in [2.45, 2.75) is 26.3 Å². The zero-order valence-electron chi connectivity index (χ0n) is 10.3. The number of nitrogens with one attached hydrogen (secondary N) is 2. The van der Waals surface area contributed by atoms with E-state index in [0.717, 1.165) is 23.0 Å². The van der Waals surface area contributed by atoms with E-state index in [-0.39, 0.29) is 11.9 Å². The zero-order valence-corrected chi connectivity index (χ0v) is 11.9. The maximum atomic E-state index is 11.6. The van der Waals surface area contributed by atoms with Crippen molar-refractivity contribution in [1.82, 2.24) is 10.6 Å². The van der Waals surface area contributed by atoms with Gasteiger partial charge in [-0.2, -0.15) is 0 Å². The Morgan fingerprint density at radius 1 is 1.47 bits per heavy atom. The molecule has 1 aromatic carbocycles. The van der Waals surface area contributed by atoms with Crippen molar-refractivity contribution in [1.29, 1.82) is 0 Å². The van der Waals surface area contributed by atoms with Crippen LogP contribution in [0.4, 0.5) is 0 Å². The maximum absolute atomic E-state index is 11.6. The summed E-state index contributed by atoms with van der Waals surface area (Å²) < 4.78 is 1.03. The van der Waals surface area contributed by atoms with Crippen LogP contribution in [0.3, 0.4) is 0 Å². The molecule has 0 saturated heterocycles. The third kappa shape index (κ3) is 5.33. The van der Waals surface area contributed by atoms with E-state index in [1.807, 2.05) is 31.2 Å². The molecule has 0 aliphatic heterocycles. The van der Waals surface area contributed by atoms with Gasteiger partial charge in [0.25, 0.3) is 0 Å². The van der Waals surface area contributed by atoms with Crippen LogP contribution in [0.15, 0.2) is 28.7 Å². The number of hydrogen-bond donors (Lipinski definition) is 2. The third-order valence-corrected chi connectivity index (χ3v) is 2.93. The van der Waals surface area contributed by atoms with Gasteiger partial charge < -0.3 is 10.6 Å². The molecule has 0 heterocycles. The second kappa shape index (κ2) is 7.45. The first-order chi connectivity index (χ1) is 8.13. The van der Waals surface area contributed by atoms with E-state index in [9.17, 15) is 4.79 Å². The lowest BCUT2D eigenvalue weighted by Gasteiger charge is -2.14. The van der Waals surface area contributed by atoms with Gasteiger partial charge in [-0.15, -0.1) is 0 Å². The smallest absolute Gasteiger partial charge is 0.234 e. The third-order valence-electron chi connectivity index (χ3n) is 2.44. The summed E-state index contributed by atoms with van der Waals surface area (Å²) in [6, 6.07) is 8.00. The Kier molecular flexibility index (Phi) is 6.22. The van der Waals surface area contributed by atoms with Gasteiger partial charge in [0.1, 0.15) is 0 Å². The highest BCUT2D eigenvalue weighted by atomic mass is 79.9. The van der Waals surface area contributed by atoms with Crippen molar-refractivity contribution >= 4 is 21.8 Å². The minimum absolute atomic E-state index is 0.0310. The second-order valence-corrected chi connectivity index (χ2v) is 4.94. The van der Waals surface area contributed by atoms with Crippen molar-refractivity contribution in [2.24, 2.45) is 0 Å². The average Bonchev–Trinajstić information content (AvgIpc) is 2.29. The first kappa shape index (κ1) is 14.2. The highest BCUT2D eigenvalue weighted by Gasteiger charge is 2.08. The quantitative estimate of drug-likeness (QED) is 0.793. The Bertz CT molecular complexity index is 368. The Balaban J connectivity index is 2.43. The summed E-state index contributed by atoms with van der Waals surface area (Å²) in [5.74, 6) is 0.0333. The molecule has 94 valence electrons. The van der Waals surface area contributed by atoms with Crippen LogP contribution in [0.2, 0.25) is 0 Å². The topological polar surface area (TPSA) is 41.1 Å². The molecular formula is C13H19BrN2O. The average molecular weight is 299 g/mol. The Hall–Kier alpha value is -0.870. The minimum atomic E-state index is 0.0310. The van der Waals surface area contributed by atoms with Crippen LogP contribution in [0.1, 0.15) is 31.9 Å². The summed E-state index contributed by atoms with van der Waals surface area (Å²) in [5.41, 5.74) is 1.10. The molecule has 1 rings (SSSR count). The molecular weight excluding hydrogens is 280 g/mol. The van der Waals surface area contributed by atoms with E-state index in [0.29, 0.717) is 6.54 Å². The number of carbonyl (C=O) groups excluding carboxylic acids is 1. The van der Waals surface area contributed by atoms with Gasteiger partial charge in [0, 0.05) is 4.47 Å². The molecule has 1 atom stereocenters. The molecule has 0 fully saturated rings. The van der Waals surface area contributed by atoms with Gasteiger partial charge in [0.15, 0.2) is 0 Å². The van der Waals surface area contributed by atoms with Crippen LogP contribution in [-0.4, -0.2) is 19.0 Å². The molecule has 0 aromatic heterocycles. The number of halogens is 1. The van der Waals surface area contributed by atoms with Crippen molar-refractivity contribution in [2.75, 3.05) is 13.1 Å². The van der Waals surface area contributed by atoms with E-state index in [1.54, 1.807) is 0 Å². The molecule has 4 heteroatoms. The lowest BCUT2D eigenvalue weighted by Crippen LogP contribution is -2.35. The monoisotopic (exact) mass is 298 g/mol. The van der Waals surface area contributed by atoms with E-state index in [2.05, 4.69) is 33.5 Å². The lowest BCUT2D eigenvalue weighted by atomic mass is 10.1. The summed E-state index contributed by atoms with van der Waals surface area (Å²) in [6.07, 6.45) is 1.04. The van der Waals surface area contributed by atoms with Gasteiger partial charge in [-0.1, -0.05) is 35.0 Å². The zero-order chi connectivity index (χ0) is 12.7. The number of rotatable bonds is 6. The fourth-order valence-corrected chi connectivity index (χ4v) is 1.95. The minimum Gasteiger partial charge on any atom is -0.348 e. The first-order valence-electron chi connectivity index (χ1n) is 5.89. The van der Waals surface area contributed by atoms with Crippen LogP contribution in [0, 0.1) is 0 Å². The van der Waals surface area contributed by atoms with Crippen molar-refractivity contribution in [3.8, 4) is 0 Å². The van der Waals surface area contributed by atoms with Gasteiger partial charge in [0.05, 0.1) is 12.6 Å². The molecule has 1 aromatic rings. The largest absolute Gasteiger partial charge is 0.348 e. The van der Waals surface area contributed by atoms with Gasteiger partial charge >= 0.3 is 0 Å². The molecule has 2 N–H and O–H groups in total. The summed E-state index contributed by atoms with van der Waals surface area (Å²) in [5, 5.41) is 6.04. The number of hydrogen-bond acceptors (Lipinski definition) is 2. The van der Waals surface area contributed by atoms with Gasteiger partial charge in [-0.05, 0) is 37.6 Å². The molecule has 17 heavy (non-hydrogen) atoms. The first-order valence-corrected chi connectivity index (χ1v) is 6.68. The summed E-state index contributed by atoms with van der Waals surface area (Å²) in [4.78, 5) is 11.6. The van der Waals surface area contributed by atoms with Gasteiger partial charge in [0.2, 0.25) is 5.91 Å². The van der Waals surface area contributed by atoms with Crippen LogP contribution in [0.25, 0.3) is 0 Å². The Morgan fingerprint density at radius 2 is 2.24 bits per heavy atom. The maximum Gasteiger partial charge on any atom is 0.234 e. The lowest BCUT2D eigenvalue weighted by molar-refractivity contribution is -0.120. The summed E-state index contributed by atoms with van der Waals surface area (Å²) in [6.45, 7) is 5.32. The molecule has 0 aliphatic carbocycles. The second-order valence-electron chi connectivity index (χ2n) is 4.02. The van der Waals surface area contributed by atoms with E-state index >= 15 is 0 Å². The predicted molar refractivity (Wildman–Crippen MR) is 73.9 cm³/mol.